The number of benzene rings is 2. The molecule has 2 rings (SSSR count). The normalized spacial score (nSPS) is 11.2. The number of methoxy groups -OCH3 is 1. The number of anilines is 1. The second-order valence-corrected chi connectivity index (χ2v) is 7.91. The zero-order valence-electron chi connectivity index (χ0n) is 16.5. The molecule has 9 heteroatoms. The Balaban J connectivity index is 2.01. The van der Waals surface area contributed by atoms with Gasteiger partial charge in [-0.1, -0.05) is 19.9 Å². The van der Waals surface area contributed by atoms with Crippen molar-refractivity contribution in [3.05, 3.63) is 54.1 Å². The predicted octanol–water partition coefficient (Wildman–Crippen LogP) is 2.52. The van der Waals surface area contributed by atoms with E-state index in [9.17, 15) is 18.0 Å². The molecule has 2 aromatic carbocycles. The van der Waals surface area contributed by atoms with Crippen LogP contribution in [0.5, 0.6) is 5.75 Å². The van der Waals surface area contributed by atoms with E-state index < -0.39 is 28.5 Å². The van der Waals surface area contributed by atoms with Gasteiger partial charge in [-0.05, 0) is 42.5 Å². The first-order chi connectivity index (χ1) is 13.8. The van der Waals surface area contributed by atoms with Crippen molar-refractivity contribution in [2.45, 2.75) is 18.7 Å². The van der Waals surface area contributed by atoms with E-state index in [4.69, 9.17) is 9.47 Å². The van der Waals surface area contributed by atoms with Crippen LogP contribution < -0.4 is 10.1 Å². The SMILES string of the molecule is CCN(CC)S(=O)(=O)c1cccc(C(=O)OCC(=O)Nc2ccc(OC)cc2)c1. The summed E-state index contributed by atoms with van der Waals surface area (Å²) in [5.41, 5.74) is 0.578. The molecule has 2 aromatic rings. The summed E-state index contributed by atoms with van der Waals surface area (Å²) in [5, 5.41) is 2.59. The maximum Gasteiger partial charge on any atom is 0.338 e. The van der Waals surface area contributed by atoms with Gasteiger partial charge in [0.05, 0.1) is 17.6 Å². The van der Waals surface area contributed by atoms with Crippen LogP contribution in [0.4, 0.5) is 5.69 Å². The molecule has 0 fully saturated rings. The minimum Gasteiger partial charge on any atom is -0.497 e. The summed E-state index contributed by atoms with van der Waals surface area (Å²) in [5.74, 6) is -0.657. The number of hydrogen-bond donors (Lipinski definition) is 1. The number of ether oxygens (including phenoxy) is 2. The van der Waals surface area contributed by atoms with Crippen LogP contribution in [0.25, 0.3) is 0 Å². The molecule has 8 nitrogen and oxygen atoms in total. The Morgan fingerprint density at radius 3 is 2.28 bits per heavy atom. The minimum absolute atomic E-state index is 0.00154. The van der Waals surface area contributed by atoms with Crippen molar-refractivity contribution in [3.63, 3.8) is 0 Å². The highest BCUT2D eigenvalue weighted by Crippen LogP contribution is 2.18. The van der Waals surface area contributed by atoms with Crippen LogP contribution in [-0.2, 0) is 19.6 Å². The average molecular weight is 420 g/mol. The fourth-order valence-electron chi connectivity index (χ4n) is 2.58. The molecule has 0 aliphatic heterocycles. The Morgan fingerprint density at radius 2 is 1.69 bits per heavy atom. The molecular weight excluding hydrogens is 396 g/mol. The fourth-order valence-corrected chi connectivity index (χ4v) is 4.09. The summed E-state index contributed by atoms with van der Waals surface area (Å²) in [4.78, 5) is 24.2. The highest BCUT2D eigenvalue weighted by molar-refractivity contribution is 7.89. The Morgan fingerprint density at radius 1 is 1.03 bits per heavy atom. The molecule has 0 saturated heterocycles. The third-order valence-electron chi connectivity index (χ3n) is 4.12. The van der Waals surface area contributed by atoms with Gasteiger partial charge in [0, 0.05) is 18.8 Å². The van der Waals surface area contributed by atoms with Crippen molar-refractivity contribution in [2.24, 2.45) is 0 Å². The van der Waals surface area contributed by atoms with E-state index in [1.807, 2.05) is 0 Å². The molecule has 0 atom stereocenters. The molecular formula is C20H24N2O6S. The van der Waals surface area contributed by atoms with Crippen molar-refractivity contribution in [1.29, 1.82) is 0 Å². The summed E-state index contributed by atoms with van der Waals surface area (Å²) in [6.45, 7) is 3.61. The zero-order valence-corrected chi connectivity index (χ0v) is 17.4. The number of carbonyl (C=O) groups excluding carboxylic acids is 2. The van der Waals surface area contributed by atoms with Crippen molar-refractivity contribution >= 4 is 27.6 Å². The number of sulfonamides is 1. The van der Waals surface area contributed by atoms with Gasteiger partial charge >= 0.3 is 5.97 Å². The van der Waals surface area contributed by atoms with Crippen LogP contribution >= 0.6 is 0 Å². The molecule has 0 unspecified atom stereocenters. The smallest absolute Gasteiger partial charge is 0.338 e. The van der Waals surface area contributed by atoms with Crippen LogP contribution in [-0.4, -0.2) is 51.4 Å². The zero-order chi connectivity index (χ0) is 21.4. The van der Waals surface area contributed by atoms with E-state index in [2.05, 4.69) is 5.32 Å². The summed E-state index contributed by atoms with van der Waals surface area (Å²) >= 11 is 0. The van der Waals surface area contributed by atoms with E-state index in [0.717, 1.165) is 0 Å². The highest BCUT2D eigenvalue weighted by Gasteiger charge is 2.23. The Kier molecular flexibility index (Phi) is 7.74. The molecule has 0 bridgehead atoms. The molecule has 0 spiro atoms. The number of esters is 1. The Bertz CT molecular complexity index is 953. The lowest BCUT2D eigenvalue weighted by Crippen LogP contribution is -2.30. The molecule has 0 aromatic heterocycles. The van der Waals surface area contributed by atoms with Crippen molar-refractivity contribution in [2.75, 3.05) is 32.1 Å². The standard InChI is InChI=1S/C20H24N2O6S/c1-4-22(5-2)29(25,26)18-8-6-7-15(13-18)20(24)28-14-19(23)21-16-9-11-17(27-3)12-10-16/h6-13H,4-5,14H2,1-3H3,(H,21,23). The van der Waals surface area contributed by atoms with Gasteiger partial charge in [0.15, 0.2) is 6.61 Å². The van der Waals surface area contributed by atoms with E-state index in [1.54, 1.807) is 38.1 Å². The third kappa shape index (κ3) is 5.78. The van der Waals surface area contributed by atoms with E-state index >= 15 is 0 Å². The third-order valence-corrected chi connectivity index (χ3v) is 6.17. The first-order valence-corrected chi connectivity index (χ1v) is 10.5. The number of nitrogens with zero attached hydrogens (tertiary/aromatic N) is 1. The second kappa shape index (κ2) is 10.0. The van der Waals surface area contributed by atoms with Gasteiger partial charge in [-0.15, -0.1) is 0 Å². The first kappa shape index (κ1) is 22.4. The van der Waals surface area contributed by atoms with Crippen LogP contribution in [0, 0.1) is 0 Å². The van der Waals surface area contributed by atoms with Gasteiger partial charge in [0.25, 0.3) is 5.91 Å². The van der Waals surface area contributed by atoms with Gasteiger partial charge in [-0.2, -0.15) is 4.31 Å². The van der Waals surface area contributed by atoms with E-state index in [-0.39, 0.29) is 10.5 Å². The Hall–Kier alpha value is -2.91. The fraction of sp³-hybridized carbons (Fsp3) is 0.300. The molecule has 1 amide bonds. The van der Waals surface area contributed by atoms with Crippen LogP contribution in [0.1, 0.15) is 24.2 Å². The summed E-state index contributed by atoms with van der Waals surface area (Å²) in [6, 6.07) is 12.2. The van der Waals surface area contributed by atoms with Gasteiger partial charge in [-0.3, -0.25) is 4.79 Å². The highest BCUT2D eigenvalue weighted by atomic mass is 32.2. The average Bonchev–Trinajstić information content (AvgIpc) is 2.73. The van der Waals surface area contributed by atoms with Crippen molar-refractivity contribution < 1.29 is 27.5 Å². The molecule has 0 aliphatic rings. The number of amides is 1. The Labute approximate surface area is 170 Å². The lowest BCUT2D eigenvalue weighted by Gasteiger charge is -2.18. The van der Waals surface area contributed by atoms with Gasteiger partial charge in [0.2, 0.25) is 10.0 Å². The summed E-state index contributed by atoms with van der Waals surface area (Å²) in [7, 11) is -2.16. The predicted molar refractivity (Wildman–Crippen MR) is 108 cm³/mol. The van der Waals surface area contributed by atoms with Crippen LogP contribution in [0.2, 0.25) is 0 Å². The molecule has 29 heavy (non-hydrogen) atoms. The van der Waals surface area contributed by atoms with E-state index in [0.29, 0.717) is 24.5 Å². The van der Waals surface area contributed by atoms with Crippen molar-refractivity contribution in [1.82, 2.24) is 4.31 Å². The lowest BCUT2D eigenvalue weighted by atomic mass is 10.2. The van der Waals surface area contributed by atoms with Gasteiger partial charge < -0.3 is 14.8 Å². The molecule has 0 saturated carbocycles. The maximum absolute atomic E-state index is 12.6. The minimum atomic E-state index is -3.70. The number of rotatable bonds is 9. The quantitative estimate of drug-likeness (QED) is 0.626. The van der Waals surface area contributed by atoms with Crippen molar-refractivity contribution in [3.8, 4) is 5.75 Å². The summed E-state index contributed by atoms with van der Waals surface area (Å²) in [6.07, 6.45) is 0. The molecule has 1 N–H and O–H groups in total. The lowest BCUT2D eigenvalue weighted by molar-refractivity contribution is -0.119. The topological polar surface area (TPSA) is 102 Å². The van der Waals surface area contributed by atoms with Crippen LogP contribution in [0.15, 0.2) is 53.4 Å². The first-order valence-electron chi connectivity index (χ1n) is 9.03. The largest absolute Gasteiger partial charge is 0.497 e. The van der Waals surface area contributed by atoms with E-state index in [1.165, 1.54) is 35.7 Å². The molecule has 0 radical (unpaired) electrons. The summed E-state index contributed by atoms with van der Waals surface area (Å²) < 4.78 is 36.5. The number of nitrogens with one attached hydrogen (secondary N) is 1. The number of carbonyl (C=O) groups is 2. The molecule has 0 aliphatic carbocycles. The molecule has 156 valence electrons. The van der Waals surface area contributed by atoms with Gasteiger partial charge in [-0.25, -0.2) is 13.2 Å². The molecule has 0 heterocycles. The number of hydrogen-bond acceptors (Lipinski definition) is 6. The van der Waals surface area contributed by atoms with Crippen LogP contribution in [0.3, 0.4) is 0 Å². The van der Waals surface area contributed by atoms with Gasteiger partial charge in [0.1, 0.15) is 5.75 Å². The maximum atomic E-state index is 12.6. The monoisotopic (exact) mass is 420 g/mol. The second-order valence-electron chi connectivity index (χ2n) is 5.97.